The molecule has 0 aromatic heterocycles. The van der Waals surface area contributed by atoms with Crippen LogP contribution in [0.4, 0.5) is 0 Å². The molecule has 0 aliphatic carbocycles. The third-order valence-corrected chi connectivity index (χ3v) is 0.771. The molecule has 0 amide bonds. The Morgan fingerprint density at radius 1 is 1.83 bits per heavy atom. The van der Waals surface area contributed by atoms with E-state index in [1.54, 1.807) is 0 Å². The third kappa shape index (κ3) is 8.85. The van der Waals surface area contributed by atoms with E-state index in [0.717, 1.165) is 0 Å². The summed E-state index contributed by atoms with van der Waals surface area (Å²) in [6, 6.07) is 0. The van der Waals surface area contributed by atoms with Crippen molar-refractivity contribution in [3.05, 3.63) is 0 Å². The van der Waals surface area contributed by atoms with E-state index in [2.05, 4.69) is 4.52 Å². The van der Waals surface area contributed by atoms with Gasteiger partial charge < -0.3 is 2.85 Å². The molecule has 0 fully saturated rings. The average Bonchev–Trinajstić information content (AvgIpc) is 1.38. The summed E-state index contributed by atoms with van der Waals surface area (Å²) in [4.78, 5) is 0. The molecular formula is C2H8MgO2P+. The van der Waals surface area contributed by atoms with Crippen molar-refractivity contribution in [3.63, 3.8) is 0 Å². The molecule has 34 valence electrons. The largest absolute Gasteiger partial charge is 2.00 e. The van der Waals surface area contributed by atoms with Crippen molar-refractivity contribution in [1.29, 1.82) is 0 Å². The van der Waals surface area contributed by atoms with Crippen molar-refractivity contribution in [2.75, 3.05) is 13.8 Å². The zero-order chi connectivity index (χ0) is 4.28. The smallest absolute Gasteiger partial charge is 1.00 e. The molecule has 0 saturated heterocycles. The van der Waals surface area contributed by atoms with Gasteiger partial charge in [0, 0.05) is 0 Å². The van der Waals surface area contributed by atoms with Crippen molar-refractivity contribution < 1.29 is 11.9 Å². The summed E-state index contributed by atoms with van der Waals surface area (Å²) in [6.45, 7) is 1.51. The van der Waals surface area contributed by atoms with Gasteiger partial charge in [-0.05, 0) is 4.57 Å². The van der Waals surface area contributed by atoms with E-state index in [1.807, 2.05) is 0 Å². The second-order valence-electron chi connectivity index (χ2n) is 0.622. The monoisotopic (exact) mass is 119 g/mol. The van der Waals surface area contributed by atoms with Crippen molar-refractivity contribution in [1.82, 2.24) is 0 Å². The minimum Gasteiger partial charge on any atom is -1.00 e. The third-order valence-electron chi connectivity index (χ3n) is 0.257. The van der Waals surface area contributed by atoms with Crippen LogP contribution >= 0.6 is 8.03 Å². The summed E-state index contributed by atoms with van der Waals surface area (Å²) in [6.07, 6.45) is 0. The van der Waals surface area contributed by atoms with Gasteiger partial charge in [-0.2, -0.15) is 0 Å². The van der Waals surface area contributed by atoms with E-state index in [1.165, 1.54) is 13.8 Å². The quantitative estimate of drug-likeness (QED) is 0.378. The zero-order valence-corrected chi connectivity index (χ0v) is 6.28. The maximum atomic E-state index is 9.74. The number of rotatable bonds is 1. The van der Waals surface area contributed by atoms with Crippen LogP contribution in [0.3, 0.4) is 0 Å². The minimum atomic E-state index is -1.35. The van der Waals surface area contributed by atoms with Gasteiger partial charge in [0.2, 0.25) is 0 Å². The van der Waals surface area contributed by atoms with Crippen molar-refractivity contribution in [3.8, 4) is 0 Å². The van der Waals surface area contributed by atoms with Crippen LogP contribution < -0.4 is 0 Å². The average molecular weight is 119 g/mol. The Balaban J connectivity index is -0.0000000267. The Morgan fingerprint density at radius 3 is 2.00 bits per heavy atom. The fourth-order valence-corrected chi connectivity index (χ4v) is 0. The van der Waals surface area contributed by atoms with E-state index in [0.29, 0.717) is 0 Å². The van der Waals surface area contributed by atoms with Gasteiger partial charge in [0.25, 0.3) is 0 Å². The summed E-state index contributed by atoms with van der Waals surface area (Å²) in [5.74, 6) is 0. The molecule has 0 aliphatic rings. The molecule has 1 atom stereocenters. The molecule has 0 bridgehead atoms. The van der Waals surface area contributed by atoms with Gasteiger partial charge >= 0.3 is 31.1 Å². The van der Waals surface area contributed by atoms with Crippen LogP contribution in [0.2, 0.25) is 0 Å². The second-order valence-corrected chi connectivity index (χ2v) is 1.87. The van der Waals surface area contributed by atoms with Gasteiger partial charge in [-0.15, -0.1) is 4.52 Å². The Kier molecular flexibility index (Phi) is 9.66. The minimum absolute atomic E-state index is 0. The standard InChI is InChI=1S/C2H6O2P.Mg.2H/c1-4-5(2)3;;;/h1-2H3;;;/q+1;+2;2*-1. The van der Waals surface area contributed by atoms with Gasteiger partial charge in [0.1, 0.15) is 0 Å². The summed E-state index contributed by atoms with van der Waals surface area (Å²) >= 11 is 0. The van der Waals surface area contributed by atoms with Gasteiger partial charge in [0.05, 0.1) is 7.11 Å². The van der Waals surface area contributed by atoms with Crippen LogP contribution in [-0.2, 0) is 9.09 Å². The molecule has 0 aromatic carbocycles. The van der Waals surface area contributed by atoms with Crippen molar-refractivity contribution in [2.24, 2.45) is 0 Å². The molecule has 0 saturated carbocycles. The molecule has 2 nitrogen and oxygen atoms in total. The summed E-state index contributed by atoms with van der Waals surface area (Å²) in [7, 11) is 0.0671. The Labute approximate surface area is 57.2 Å². The Morgan fingerprint density at radius 2 is 2.00 bits per heavy atom. The van der Waals surface area contributed by atoms with E-state index in [4.69, 9.17) is 0 Å². The van der Waals surface area contributed by atoms with Crippen LogP contribution in [0.15, 0.2) is 0 Å². The molecule has 6 heavy (non-hydrogen) atoms. The maximum absolute atomic E-state index is 9.74. The summed E-state index contributed by atoms with van der Waals surface area (Å²) < 4.78 is 14.0. The summed E-state index contributed by atoms with van der Waals surface area (Å²) in [5, 5.41) is 0. The zero-order valence-electron chi connectivity index (χ0n) is 5.97. The van der Waals surface area contributed by atoms with Gasteiger partial charge in [-0.1, -0.05) is 0 Å². The first-order valence-corrected chi connectivity index (χ1v) is 2.85. The fraction of sp³-hybridized carbons (Fsp3) is 1.00. The summed E-state index contributed by atoms with van der Waals surface area (Å²) in [5.41, 5.74) is 0. The molecule has 0 heterocycles. The number of hydrogen-bond acceptors (Lipinski definition) is 2. The predicted octanol–water partition coefficient (Wildman–Crippen LogP) is 0.849. The molecule has 1 unspecified atom stereocenters. The molecule has 4 heteroatoms. The molecule has 0 rings (SSSR count). The molecular weight excluding hydrogens is 111 g/mol. The van der Waals surface area contributed by atoms with E-state index in [9.17, 15) is 4.57 Å². The van der Waals surface area contributed by atoms with Gasteiger partial charge in [-0.3, -0.25) is 0 Å². The fourth-order valence-electron chi connectivity index (χ4n) is 0. The van der Waals surface area contributed by atoms with Gasteiger partial charge in [-0.25, -0.2) is 0 Å². The Bertz CT molecular complexity index is 53.3. The van der Waals surface area contributed by atoms with Crippen molar-refractivity contribution in [2.45, 2.75) is 0 Å². The molecule has 0 radical (unpaired) electrons. The molecule has 0 N–H and O–H groups in total. The van der Waals surface area contributed by atoms with Gasteiger partial charge in [0.15, 0.2) is 6.66 Å². The van der Waals surface area contributed by atoms with Crippen LogP contribution in [0.25, 0.3) is 0 Å². The molecule has 0 spiro atoms. The second kappa shape index (κ2) is 5.83. The Hall–Kier alpha value is 0.826. The van der Waals surface area contributed by atoms with Crippen LogP contribution in [-0.4, -0.2) is 36.8 Å². The first-order chi connectivity index (χ1) is 2.27. The molecule has 0 aliphatic heterocycles. The number of hydrogen-bond donors (Lipinski definition) is 0. The van der Waals surface area contributed by atoms with E-state index in [-0.39, 0.29) is 25.9 Å². The van der Waals surface area contributed by atoms with E-state index < -0.39 is 8.03 Å². The first-order valence-electron chi connectivity index (χ1n) is 1.22. The molecule has 0 aromatic rings. The van der Waals surface area contributed by atoms with Crippen LogP contribution in [0, 0.1) is 0 Å². The maximum Gasteiger partial charge on any atom is 2.00 e. The van der Waals surface area contributed by atoms with Crippen LogP contribution in [0.1, 0.15) is 2.85 Å². The topological polar surface area (TPSA) is 26.3 Å². The van der Waals surface area contributed by atoms with Crippen molar-refractivity contribution >= 4 is 31.1 Å². The van der Waals surface area contributed by atoms with E-state index >= 15 is 0 Å². The SMILES string of the molecule is CO[P+](C)=O.[H-].[H-].[Mg+2]. The normalized spacial score (nSPS) is 9.33. The predicted molar refractivity (Wildman–Crippen MR) is 28.5 cm³/mol. The van der Waals surface area contributed by atoms with Crippen LogP contribution in [0.5, 0.6) is 0 Å². The first kappa shape index (κ1) is 9.95.